The van der Waals surface area contributed by atoms with Gasteiger partial charge in [0, 0.05) is 22.5 Å². The number of benzene rings is 1. The molecular weight excluding hydrogens is 296 g/mol. The maximum Gasteiger partial charge on any atom is 0.255 e. The van der Waals surface area contributed by atoms with Crippen molar-refractivity contribution in [1.82, 2.24) is 4.57 Å². The van der Waals surface area contributed by atoms with E-state index < -0.39 is 5.82 Å². The number of aromatic nitrogens is 1. The van der Waals surface area contributed by atoms with Gasteiger partial charge in [0.2, 0.25) is 0 Å². The highest BCUT2D eigenvalue weighted by Crippen LogP contribution is 2.32. The number of rotatable bonds is 0. The lowest BCUT2D eigenvalue weighted by molar-refractivity contribution is 0.629. The summed E-state index contributed by atoms with van der Waals surface area (Å²) in [6.45, 7) is 1.63. The maximum absolute atomic E-state index is 13.7. The van der Waals surface area contributed by atoms with Crippen molar-refractivity contribution in [3.8, 4) is 0 Å². The summed E-state index contributed by atoms with van der Waals surface area (Å²) >= 11 is 9.38. The van der Waals surface area contributed by atoms with Gasteiger partial charge in [0.15, 0.2) is 0 Å². The molecule has 2 nitrogen and oxygen atoms in total. The molecule has 1 heterocycles. The molecule has 0 atom stereocenters. The Morgan fingerprint density at radius 2 is 2.06 bits per heavy atom. The Morgan fingerprint density at radius 1 is 1.44 bits per heavy atom. The van der Waals surface area contributed by atoms with E-state index in [2.05, 4.69) is 15.9 Å². The number of hydrogen-bond donors (Lipinski definition) is 0. The van der Waals surface area contributed by atoms with Gasteiger partial charge >= 0.3 is 0 Å². The number of hydrogen-bond acceptors (Lipinski definition) is 1. The molecule has 0 unspecified atom stereocenters. The number of pyridine rings is 1. The fourth-order valence-electron chi connectivity index (χ4n) is 1.71. The van der Waals surface area contributed by atoms with Gasteiger partial charge in [-0.25, -0.2) is 4.39 Å². The van der Waals surface area contributed by atoms with Gasteiger partial charge in [-0.1, -0.05) is 27.5 Å². The molecular formula is C11H8BrClFNO. The van der Waals surface area contributed by atoms with Crippen molar-refractivity contribution in [1.29, 1.82) is 0 Å². The fraction of sp³-hybridized carbons (Fsp3) is 0.182. The SMILES string of the molecule is Cc1c(Cl)c2c(Br)ccc(F)c2n(C)c1=O. The minimum atomic E-state index is -0.459. The first-order chi connectivity index (χ1) is 7.45. The van der Waals surface area contributed by atoms with Gasteiger partial charge in [-0.2, -0.15) is 0 Å². The van der Waals surface area contributed by atoms with Crippen molar-refractivity contribution in [2.45, 2.75) is 6.92 Å². The van der Waals surface area contributed by atoms with E-state index in [9.17, 15) is 9.18 Å². The number of halogens is 3. The topological polar surface area (TPSA) is 22.0 Å². The van der Waals surface area contributed by atoms with Crippen LogP contribution in [0, 0.1) is 12.7 Å². The Morgan fingerprint density at radius 3 is 2.69 bits per heavy atom. The van der Waals surface area contributed by atoms with E-state index in [0.717, 1.165) is 0 Å². The zero-order chi connectivity index (χ0) is 12.0. The molecule has 0 bridgehead atoms. The number of nitrogens with zero attached hydrogens (tertiary/aromatic N) is 1. The van der Waals surface area contributed by atoms with Crippen LogP contribution < -0.4 is 5.56 Å². The maximum atomic E-state index is 13.7. The minimum absolute atomic E-state index is 0.218. The van der Waals surface area contributed by atoms with Gasteiger partial charge in [-0.3, -0.25) is 4.79 Å². The Bertz CT molecular complexity index is 651. The predicted octanol–water partition coefficient (Wildman–Crippen LogP) is 3.40. The van der Waals surface area contributed by atoms with Crippen molar-refractivity contribution >= 4 is 38.4 Å². The zero-order valence-electron chi connectivity index (χ0n) is 8.64. The largest absolute Gasteiger partial charge is 0.308 e. The lowest BCUT2D eigenvalue weighted by atomic mass is 10.1. The summed E-state index contributed by atoms with van der Waals surface area (Å²) in [4.78, 5) is 11.8. The first kappa shape index (κ1) is 11.6. The van der Waals surface area contributed by atoms with E-state index in [4.69, 9.17) is 11.6 Å². The Balaban J connectivity index is 3.20. The monoisotopic (exact) mass is 303 g/mol. The molecule has 2 rings (SSSR count). The summed E-state index contributed by atoms with van der Waals surface area (Å²) in [6.07, 6.45) is 0. The number of aryl methyl sites for hydroxylation is 1. The summed E-state index contributed by atoms with van der Waals surface area (Å²) in [5.74, 6) is -0.459. The molecule has 0 aliphatic rings. The third kappa shape index (κ3) is 1.48. The van der Waals surface area contributed by atoms with E-state index in [1.54, 1.807) is 13.0 Å². The second-order valence-corrected chi connectivity index (χ2v) is 4.79. The Kier molecular flexibility index (Phi) is 2.80. The van der Waals surface area contributed by atoms with E-state index in [1.807, 2.05) is 0 Å². The van der Waals surface area contributed by atoms with Gasteiger partial charge < -0.3 is 4.57 Å². The first-order valence-corrected chi connectivity index (χ1v) is 5.75. The van der Waals surface area contributed by atoms with Crippen molar-refractivity contribution in [2.75, 3.05) is 0 Å². The minimum Gasteiger partial charge on any atom is -0.308 e. The molecule has 0 aliphatic heterocycles. The highest BCUT2D eigenvalue weighted by molar-refractivity contribution is 9.10. The average molecular weight is 305 g/mol. The summed E-state index contributed by atoms with van der Waals surface area (Å²) in [6, 6.07) is 2.88. The molecule has 1 aromatic carbocycles. The van der Waals surface area contributed by atoms with Crippen molar-refractivity contribution in [3.05, 3.63) is 43.4 Å². The molecule has 0 saturated heterocycles. The second-order valence-electron chi connectivity index (χ2n) is 3.56. The van der Waals surface area contributed by atoms with Crippen LogP contribution in [0.3, 0.4) is 0 Å². The summed E-state index contributed by atoms with van der Waals surface area (Å²) in [5.41, 5.74) is 0.354. The molecule has 0 fully saturated rings. The molecule has 1 aromatic heterocycles. The van der Waals surface area contributed by atoms with Crippen molar-refractivity contribution in [3.63, 3.8) is 0 Å². The molecule has 0 saturated carbocycles. The molecule has 0 N–H and O–H groups in total. The molecule has 5 heteroatoms. The summed E-state index contributed by atoms with van der Waals surface area (Å²) < 4.78 is 15.6. The van der Waals surface area contributed by atoms with Crippen LogP contribution in [0.25, 0.3) is 10.9 Å². The fourth-order valence-corrected chi connectivity index (χ4v) is 2.62. The summed E-state index contributed by atoms with van der Waals surface area (Å²) in [7, 11) is 1.53. The lowest BCUT2D eigenvalue weighted by Crippen LogP contribution is -2.20. The summed E-state index contributed by atoms with van der Waals surface area (Å²) in [5, 5.41) is 0.825. The lowest BCUT2D eigenvalue weighted by Gasteiger charge is -2.11. The third-order valence-electron chi connectivity index (χ3n) is 2.59. The molecule has 0 spiro atoms. The van der Waals surface area contributed by atoms with Crippen LogP contribution in [0.5, 0.6) is 0 Å². The highest BCUT2D eigenvalue weighted by atomic mass is 79.9. The molecule has 84 valence electrons. The molecule has 2 aromatic rings. The van der Waals surface area contributed by atoms with E-state index in [0.29, 0.717) is 20.4 Å². The van der Waals surface area contributed by atoms with Crippen LogP contribution in [-0.2, 0) is 7.05 Å². The van der Waals surface area contributed by atoms with E-state index in [-0.39, 0.29) is 11.1 Å². The Hall–Kier alpha value is -0.870. The standard InChI is InChI=1S/C11H8BrClFNO/c1-5-9(13)8-6(12)3-4-7(14)10(8)15(2)11(5)16/h3-4H,1-2H3. The van der Waals surface area contributed by atoms with Crippen molar-refractivity contribution < 1.29 is 4.39 Å². The highest BCUT2D eigenvalue weighted by Gasteiger charge is 2.15. The van der Waals surface area contributed by atoms with Gasteiger partial charge in [0.05, 0.1) is 10.5 Å². The van der Waals surface area contributed by atoms with Crippen LogP contribution in [0.2, 0.25) is 5.02 Å². The van der Waals surface area contributed by atoms with E-state index >= 15 is 0 Å². The normalized spacial score (nSPS) is 11.1. The third-order valence-corrected chi connectivity index (χ3v) is 3.72. The van der Waals surface area contributed by atoms with Gasteiger partial charge in [-0.15, -0.1) is 0 Å². The second kappa shape index (κ2) is 3.86. The smallest absolute Gasteiger partial charge is 0.255 e. The predicted molar refractivity (Wildman–Crippen MR) is 66.6 cm³/mol. The van der Waals surface area contributed by atoms with Crippen LogP contribution in [0.1, 0.15) is 5.56 Å². The molecule has 0 radical (unpaired) electrons. The van der Waals surface area contributed by atoms with Crippen LogP contribution in [-0.4, -0.2) is 4.57 Å². The molecule has 0 amide bonds. The van der Waals surface area contributed by atoms with Gasteiger partial charge in [0.1, 0.15) is 5.82 Å². The Labute approximate surface area is 105 Å². The quantitative estimate of drug-likeness (QED) is 0.731. The van der Waals surface area contributed by atoms with Crippen LogP contribution in [0.4, 0.5) is 4.39 Å². The van der Waals surface area contributed by atoms with Crippen molar-refractivity contribution in [2.24, 2.45) is 7.05 Å². The van der Waals surface area contributed by atoms with Gasteiger partial charge in [0.25, 0.3) is 5.56 Å². The number of fused-ring (bicyclic) bond motifs is 1. The molecule has 16 heavy (non-hydrogen) atoms. The van der Waals surface area contributed by atoms with Crippen LogP contribution >= 0.6 is 27.5 Å². The van der Waals surface area contributed by atoms with Crippen LogP contribution in [0.15, 0.2) is 21.4 Å². The van der Waals surface area contributed by atoms with E-state index in [1.165, 1.54) is 17.7 Å². The average Bonchev–Trinajstić information content (AvgIpc) is 2.26. The molecule has 0 aliphatic carbocycles. The first-order valence-electron chi connectivity index (χ1n) is 4.58. The zero-order valence-corrected chi connectivity index (χ0v) is 11.0. The van der Waals surface area contributed by atoms with Gasteiger partial charge in [-0.05, 0) is 19.1 Å².